The number of nitrogens with zero attached hydrogens (tertiary/aromatic N) is 5. The Balaban J connectivity index is 2.04. The van der Waals surface area contributed by atoms with E-state index in [2.05, 4.69) is 20.3 Å². The molecular weight excluding hydrogens is 316 g/mol. The molecule has 1 atom stereocenters. The minimum absolute atomic E-state index is 0.242. The first-order valence-electron chi connectivity index (χ1n) is 7.97. The van der Waals surface area contributed by atoms with Crippen molar-refractivity contribution in [3.8, 4) is 5.75 Å². The number of aryl methyl sites for hydroxylation is 1. The Labute approximate surface area is 147 Å². The fourth-order valence-corrected chi connectivity index (χ4v) is 2.64. The molecule has 0 aliphatic carbocycles. The number of benzene rings is 1. The number of para-hydroxylation sites is 1. The molecule has 0 saturated carbocycles. The van der Waals surface area contributed by atoms with Gasteiger partial charge < -0.3 is 19.5 Å². The van der Waals surface area contributed by atoms with Gasteiger partial charge in [0.1, 0.15) is 23.4 Å². The van der Waals surface area contributed by atoms with E-state index in [1.165, 1.54) is 0 Å². The molecule has 0 fully saturated rings. The summed E-state index contributed by atoms with van der Waals surface area (Å²) >= 11 is 0. The van der Waals surface area contributed by atoms with Crippen LogP contribution in [0.5, 0.6) is 5.75 Å². The van der Waals surface area contributed by atoms with Crippen molar-refractivity contribution in [2.24, 2.45) is 7.05 Å². The zero-order valence-electron chi connectivity index (χ0n) is 14.8. The summed E-state index contributed by atoms with van der Waals surface area (Å²) in [6.07, 6.45) is 5.43. The van der Waals surface area contributed by atoms with Crippen LogP contribution in [0.3, 0.4) is 0 Å². The van der Waals surface area contributed by atoms with Gasteiger partial charge in [0, 0.05) is 45.3 Å². The highest BCUT2D eigenvalue weighted by Crippen LogP contribution is 2.31. The van der Waals surface area contributed by atoms with Crippen LogP contribution in [0, 0.1) is 0 Å². The lowest BCUT2D eigenvalue weighted by Gasteiger charge is -2.21. The van der Waals surface area contributed by atoms with E-state index in [-0.39, 0.29) is 6.04 Å². The zero-order chi connectivity index (χ0) is 17.8. The molecule has 2 heterocycles. The van der Waals surface area contributed by atoms with Crippen molar-refractivity contribution in [2.45, 2.75) is 6.04 Å². The number of aromatic nitrogens is 4. The predicted octanol–water partition coefficient (Wildman–Crippen LogP) is 2.49. The Kier molecular flexibility index (Phi) is 4.83. The molecule has 0 aliphatic rings. The summed E-state index contributed by atoms with van der Waals surface area (Å²) in [5.41, 5.74) is 0.971. The number of hydrogen-bond acceptors (Lipinski definition) is 6. The van der Waals surface area contributed by atoms with Gasteiger partial charge in [-0.15, -0.1) is 0 Å². The number of methoxy groups -OCH3 is 1. The van der Waals surface area contributed by atoms with Crippen LogP contribution in [0.25, 0.3) is 0 Å². The van der Waals surface area contributed by atoms with E-state index in [0.717, 1.165) is 23.0 Å². The molecule has 0 bridgehead atoms. The third kappa shape index (κ3) is 3.55. The van der Waals surface area contributed by atoms with E-state index in [0.29, 0.717) is 5.95 Å². The molecule has 1 N–H and O–H groups in total. The molecule has 1 aromatic carbocycles. The molecule has 7 nitrogen and oxygen atoms in total. The maximum absolute atomic E-state index is 5.54. The molecule has 2 aromatic heterocycles. The van der Waals surface area contributed by atoms with Gasteiger partial charge in [0.2, 0.25) is 5.95 Å². The summed E-state index contributed by atoms with van der Waals surface area (Å²) in [4.78, 5) is 15.4. The molecule has 0 spiro atoms. The van der Waals surface area contributed by atoms with Crippen molar-refractivity contribution in [3.63, 3.8) is 0 Å². The monoisotopic (exact) mass is 338 g/mol. The third-order valence-corrected chi connectivity index (χ3v) is 3.94. The Morgan fingerprint density at radius 3 is 2.60 bits per heavy atom. The highest BCUT2D eigenvalue weighted by Gasteiger charge is 2.22. The SMILES string of the molecule is COc1ccccc1C(Nc1nccc(N(C)C)n1)c1nccn1C. The molecule has 7 heteroatoms. The van der Waals surface area contributed by atoms with Crippen LogP contribution in [0.4, 0.5) is 11.8 Å². The van der Waals surface area contributed by atoms with E-state index in [1.54, 1.807) is 19.5 Å². The Hall–Kier alpha value is -3.09. The standard InChI is InChI=1S/C18H22N6O/c1-23(2)15-9-10-20-18(21-15)22-16(17-19-11-12-24(17)3)13-7-5-6-8-14(13)25-4/h5-12,16H,1-4H3,(H,20,21,22). The largest absolute Gasteiger partial charge is 0.496 e. The van der Waals surface area contributed by atoms with Crippen LogP contribution in [0.2, 0.25) is 0 Å². The lowest BCUT2D eigenvalue weighted by molar-refractivity contribution is 0.408. The van der Waals surface area contributed by atoms with Crippen molar-refractivity contribution >= 4 is 11.8 Å². The molecule has 25 heavy (non-hydrogen) atoms. The number of anilines is 2. The normalized spacial score (nSPS) is 11.8. The van der Waals surface area contributed by atoms with E-state index < -0.39 is 0 Å². The second kappa shape index (κ2) is 7.21. The van der Waals surface area contributed by atoms with E-state index in [4.69, 9.17) is 4.74 Å². The Morgan fingerprint density at radius 1 is 1.12 bits per heavy atom. The minimum Gasteiger partial charge on any atom is -0.496 e. The van der Waals surface area contributed by atoms with Crippen LogP contribution in [0.15, 0.2) is 48.9 Å². The minimum atomic E-state index is -0.242. The summed E-state index contributed by atoms with van der Waals surface area (Å²) in [6, 6.07) is 9.50. The summed E-state index contributed by atoms with van der Waals surface area (Å²) in [5.74, 6) is 3.00. The van der Waals surface area contributed by atoms with Crippen LogP contribution >= 0.6 is 0 Å². The number of rotatable bonds is 6. The smallest absolute Gasteiger partial charge is 0.225 e. The van der Waals surface area contributed by atoms with Crippen molar-refractivity contribution in [1.82, 2.24) is 19.5 Å². The van der Waals surface area contributed by atoms with Gasteiger partial charge in [0.25, 0.3) is 0 Å². The topological polar surface area (TPSA) is 68.1 Å². The zero-order valence-corrected chi connectivity index (χ0v) is 14.8. The lowest BCUT2D eigenvalue weighted by atomic mass is 10.0. The first-order chi connectivity index (χ1) is 12.1. The van der Waals surface area contributed by atoms with Gasteiger partial charge in [-0.2, -0.15) is 4.98 Å². The van der Waals surface area contributed by atoms with E-state index in [1.807, 2.05) is 67.1 Å². The van der Waals surface area contributed by atoms with Crippen molar-refractivity contribution in [3.05, 3.63) is 60.3 Å². The van der Waals surface area contributed by atoms with Crippen LogP contribution in [-0.2, 0) is 7.05 Å². The summed E-state index contributed by atoms with van der Waals surface area (Å²) < 4.78 is 7.51. The second-order valence-corrected chi connectivity index (χ2v) is 5.85. The first-order valence-corrected chi connectivity index (χ1v) is 7.97. The Morgan fingerprint density at radius 2 is 1.92 bits per heavy atom. The Bertz CT molecular complexity index is 845. The van der Waals surface area contributed by atoms with Crippen molar-refractivity contribution in [1.29, 1.82) is 0 Å². The van der Waals surface area contributed by atoms with Gasteiger partial charge in [0.05, 0.1) is 7.11 Å². The number of ether oxygens (including phenoxy) is 1. The van der Waals surface area contributed by atoms with Crippen LogP contribution in [0.1, 0.15) is 17.4 Å². The summed E-state index contributed by atoms with van der Waals surface area (Å²) in [5, 5.41) is 3.40. The molecule has 0 amide bonds. The quantitative estimate of drug-likeness (QED) is 0.745. The van der Waals surface area contributed by atoms with Crippen LogP contribution in [-0.4, -0.2) is 40.7 Å². The predicted molar refractivity (Wildman–Crippen MR) is 98.0 cm³/mol. The van der Waals surface area contributed by atoms with Gasteiger partial charge >= 0.3 is 0 Å². The van der Waals surface area contributed by atoms with Crippen molar-refractivity contribution in [2.75, 3.05) is 31.4 Å². The average Bonchev–Trinajstić information content (AvgIpc) is 3.05. The summed E-state index contributed by atoms with van der Waals surface area (Å²) in [7, 11) is 7.52. The lowest BCUT2D eigenvalue weighted by Crippen LogP contribution is -2.20. The molecule has 1 unspecified atom stereocenters. The van der Waals surface area contributed by atoms with Gasteiger partial charge in [-0.1, -0.05) is 18.2 Å². The van der Waals surface area contributed by atoms with Crippen molar-refractivity contribution < 1.29 is 4.74 Å². The maximum atomic E-state index is 5.54. The molecular formula is C18H22N6O. The molecule has 0 aliphatic heterocycles. The van der Waals surface area contributed by atoms with Gasteiger partial charge in [0.15, 0.2) is 0 Å². The maximum Gasteiger partial charge on any atom is 0.225 e. The average molecular weight is 338 g/mol. The summed E-state index contributed by atoms with van der Waals surface area (Å²) in [6.45, 7) is 0. The third-order valence-electron chi connectivity index (χ3n) is 3.94. The van der Waals surface area contributed by atoms with E-state index in [9.17, 15) is 0 Å². The first kappa shape index (κ1) is 16.8. The molecule has 3 aromatic rings. The molecule has 130 valence electrons. The number of imidazole rings is 1. The number of nitrogens with one attached hydrogen (secondary N) is 1. The van der Waals surface area contributed by atoms with Crippen LogP contribution < -0.4 is 15.0 Å². The highest BCUT2D eigenvalue weighted by atomic mass is 16.5. The molecule has 3 rings (SSSR count). The number of hydrogen-bond donors (Lipinski definition) is 1. The molecule has 0 radical (unpaired) electrons. The fourth-order valence-electron chi connectivity index (χ4n) is 2.64. The van der Waals surface area contributed by atoms with Gasteiger partial charge in [-0.3, -0.25) is 0 Å². The fraction of sp³-hybridized carbons (Fsp3) is 0.278. The second-order valence-electron chi connectivity index (χ2n) is 5.85. The molecule has 0 saturated heterocycles. The van der Waals surface area contributed by atoms with Gasteiger partial charge in [-0.25, -0.2) is 9.97 Å². The van der Waals surface area contributed by atoms with Gasteiger partial charge in [-0.05, 0) is 12.1 Å². The van der Waals surface area contributed by atoms with E-state index >= 15 is 0 Å². The highest BCUT2D eigenvalue weighted by molar-refractivity contribution is 5.47.